The van der Waals surface area contributed by atoms with E-state index in [1.54, 1.807) is 0 Å². The molecule has 2 rings (SSSR count). The van der Waals surface area contributed by atoms with Crippen LogP contribution in [0, 0.1) is 0 Å². The minimum absolute atomic E-state index is 0.0274. The Kier molecular flexibility index (Phi) is 4.81. The molecule has 1 aliphatic heterocycles. The third kappa shape index (κ3) is 4.74. The van der Waals surface area contributed by atoms with Gasteiger partial charge in [0.05, 0.1) is 18.5 Å². The Morgan fingerprint density at radius 2 is 2.05 bits per heavy atom. The quantitative estimate of drug-likeness (QED) is 0.901. The van der Waals surface area contributed by atoms with Crippen LogP contribution in [0.4, 0.5) is 0 Å². The van der Waals surface area contributed by atoms with E-state index in [2.05, 4.69) is 0 Å². The number of rotatable bonds is 4. The molecule has 1 aromatic carbocycles. The van der Waals surface area contributed by atoms with E-state index in [1.165, 1.54) is 0 Å². The Labute approximate surface area is 118 Å². The summed E-state index contributed by atoms with van der Waals surface area (Å²) in [5.41, 5.74) is 1.05. The van der Waals surface area contributed by atoms with Crippen molar-refractivity contribution in [3.63, 3.8) is 0 Å². The molecule has 0 unspecified atom stereocenters. The van der Waals surface area contributed by atoms with Crippen LogP contribution in [0.1, 0.15) is 11.7 Å². The van der Waals surface area contributed by atoms with Gasteiger partial charge in [-0.3, -0.25) is 4.90 Å². The highest BCUT2D eigenvalue weighted by Gasteiger charge is 2.22. The smallest absolute Gasteiger partial charge is 0.210 e. The van der Waals surface area contributed by atoms with Gasteiger partial charge in [0.25, 0.3) is 0 Å². The van der Waals surface area contributed by atoms with Gasteiger partial charge in [-0.25, -0.2) is 13.6 Å². The van der Waals surface area contributed by atoms with Gasteiger partial charge in [-0.15, -0.1) is 0 Å². The maximum absolute atomic E-state index is 11.0. The van der Waals surface area contributed by atoms with Crippen LogP contribution in [0.5, 0.6) is 0 Å². The predicted octanol–water partition coefficient (Wildman–Crippen LogP) is 1.00. The van der Waals surface area contributed by atoms with Crippen molar-refractivity contribution in [2.75, 3.05) is 32.0 Å². The second-order valence-electron chi connectivity index (χ2n) is 4.58. The summed E-state index contributed by atoms with van der Waals surface area (Å²) in [6.07, 6.45) is -0.0495. The van der Waals surface area contributed by atoms with Crippen molar-refractivity contribution >= 4 is 21.6 Å². The lowest BCUT2D eigenvalue weighted by Crippen LogP contribution is -2.41. The highest BCUT2D eigenvalue weighted by Crippen LogP contribution is 2.23. The van der Waals surface area contributed by atoms with Crippen molar-refractivity contribution in [3.8, 4) is 0 Å². The van der Waals surface area contributed by atoms with Gasteiger partial charge >= 0.3 is 0 Å². The van der Waals surface area contributed by atoms with E-state index in [9.17, 15) is 8.42 Å². The zero-order chi connectivity index (χ0) is 13.9. The molecule has 1 aliphatic rings. The lowest BCUT2D eigenvalue weighted by molar-refractivity contribution is -0.0279. The number of nitrogens with zero attached hydrogens (tertiary/aromatic N) is 1. The fourth-order valence-corrected chi connectivity index (χ4v) is 2.68. The monoisotopic (exact) mass is 304 g/mol. The molecule has 2 N–H and O–H groups in total. The van der Waals surface area contributed by atoms with Gasteiger partial charge in [-0.2, -0.15) is 0 Å². The molecule has 0 aliphatic carbocycles. The molecule has 1 saturated heterocycles. The van der Waals surface area contributed by atoms with Crippen molar-refractivity contribution in [2.24, 2.45) is 5.14 Å². The third-order valence-electron chi connectivity index (χ3n) is 3.08. The fraction of sp³-hybridized carbons (Fsp3) is 0.500. The second kappa shape index (κ2) is 6.19. The Balaban J connectivity index is 1.95. The summed E-state index contributed by atoms with van der Waals surface area (Å²) in [7, 11) is -3.41. The zero-order valence-electron chi connectivity index (χ0n) is 10.5. The van der Waals surface area contributed by atoms with Gasteiger partial charge in [0.2, 0.25) is 10.0 Å². The van der Waals surface area contributed by atoms with Crippen LogP contribution in [0.2, 0.25) is 5.02 Å². The number of ether oxygens (including phenoxy) is 1. The predicted molar refractivity (Wildman–Crippen MR) is 74.6 cm³/mol. The average molecular weight is 305 g/mol. The summed E-state index contributed by atoms with van der Waals surface area (Å²) in [6, 6.07) is 7.50. The van der Waals surface area contributed by atoms with Crippen LogP contribution >= 0.6 is 11.6 Å². The number of sulfonamides is 1. The summed E-state index contributed by atoms with van der Waals surface area (Å²) < 4.78 is 27.6. The molecule has 106 valence electrons. The molecule has 1 heterocycles. The summed E-state index contributed by atoms with van der Waals surface area (Å²) in [4.78, 5) is 2.05. The van der Waals surface area contributed by atoms with Crippen LogP contribution in [0.3, 0.4) is 0 Å². The molecule has 0 radical (unpaired) electrons. The standard InChI is InChI=1S/C12H17ClN2O3S/c13-11-3-1-10(2-4-11)12-9-15(5-7-18-12)6-8-19(14,16)17/h1-4,12H,5-9H2,(H2,14,16,17)/t12-/m1/s1. The Bertz CT molecular complexity index is 518. The number of morpholine rings is 1. The SMILES string of the molecule is NS(=O)(=O)CCN1CCO[C@@H](c2ccc(Cl)cc2)C1. The first-order chi connectivity index (χ1) is 8.94. The van der Waals surface area contributed by atoms with Crippen LogP contribution in [-0.2, 0) is 14.8 Å². The molecule has 1 aromatic rings. The number of primary sulfonamides is 1. The van der Waals surface area contributed by atoms with Crippen LogP contribution < -0.4 is 5.14 Å². The van der Waals surface area contributed by atoms with E-state index >= 15 is 0 Å². The largest absolute Gasteiger partial charge is 0.371 e. The first-order valence-electron chi connectivity index (χ1n) is 6.04. The van der Waals surface area contributed by atoms with E-state index < -0.39 is 10.0 Å². The molecule has 19 heavy (non-hydrogen) atoms. The second-order valence-corrected chi connectivity index (χ2v) is 6.75. The van der Waals surface area contributed by atoms with E-state index in [0.29, 0.717) is 24.7 Å². The van der Waals surface area contributed by atoms with Crippen molar-refractivity contribution in [2.45, 2.75) is 6.10 Å². The van der Waals surface area contributed by atoms with Crippen LogP contribution in [0.15, 0.2) is 24.3 Å². The Morgan fingerprint density at radius 1 is 1.37 bits per heavy atom. The van der Waals surface area contributed by atoms with E-state index in [0.717, 1.165) is 12.1 Å². The fourth-order valence-electron chi connectivity index (χ4n) is 2.04. The minimum Gasteiger partial charge on any atom is -0.371 e. The molecule has 0 aromatic heterocycles. The van der Waals surface area contributed by atoms with Crippen molar-refractivity contribution in [1.82, 2.24) is 4.90 Å². The van der Waals surface area contributed by atoms with Crippen LogP contribution in [0.25, 0.3) is 0 Å². The third-order valence-corrected chi connectivity index (χ3v) is 4.09. The number of hydrogen-bond acceptors (Lipinski definition) is 4. The highest BCUT2D eigenvalue weighted by molar-refractivity contribution is 7.89. The van der Waals surface area contributed by atoms with Crippen LogP contribution in [-0.4, -0.2) is 45.3 Å². The normalized spacial score (nSPS) is 21.5. The maximum Gasteiger partial charge on any atom is 0.210 e. The molecule has 0 amide bonds. The molecule has 0 spiro atoms. The number of hydrogen-bond donors (Lipinski definition) is 1. The molecular formula is C12H17ClN2O3S. The average Bonchev–Trinajstić information content (AvgIpc) is 2.37. The summed E-state index contributed by atoms with van der Waals surface area (Å²) in [5, 5.41) is 5.70. The minimum atomic E-state index is -3.41. The Morgan fingerprint density at radius 3 is 2.68 bits per heavy atom. The molecule has 0 bridgehead atoms. The summed E-state index contributed by atoms with van der Waals surface area (Å²) in [6.45, 7) is 2.40. The van der Waals surface area contributed by atoms with Gasteiger partial charge < -0.3 is 4.74 Å². The van der Waals surface area contributed by atoms with Gasteiger partial charge in [-0.1, -0.05) is 23.7 Å². The molecule has 1 fully saturated rings. The van der Waals surface area contributed by atoms with Crippen molar-refractivity contribution in [3.05, 3.63) is 34.9 Å². The zero-order valence-corrected chi connectivity index (χ0v) is 12.0. The maximum atomic E-state index is 11.0. The number of benzene rings is 1. The highest BCUT2D eigenvalue weighted by atomic mass is 35.5. The lowest BCUT2D eigenvalue weighted by atomic mass is 10.1. The topological polar surface area (TPSA) is 72.6 Å². The van der Waals surface area contributed by atoms with E-state index in [1.807, 2.05) is 29.2 Å². The van der Waals surface area contributed by atoms with Crippen molar-refractivity contribution in [1.29, 1.82) is 0 Å². The molecular weight excluding hydrogens is 288 g/mol. The van der Waals surface area contributed by atoms with Gasteiger partial charge in [-0.05, 0) is 17.7 Å². The lowest BCUT2D eigenvalue weighted by Gasteiger charge is -2.32. The first kappa shape index (κ1) is 14.7. The number of halogens is 1. The number of nitrogens with two attached hydrogens (primary N) is 1. The van der Waals surface area contributed by atoms with E-state index in [-0.39, 0.29) is 11.9 Å². The van der Waals surface area contributed by atoms with Gasteiger partial charge in [0, 0.05) is 24.7 Å². The molecule has 1 atom stereocenters. The summed E-state index contributed by atoms with van der Waals surface area (Å²) >= 11 is 5.85. The summed E-state index contributed by atoms with van der Waals surface area (Å²) in [5.74, 6) is -0.0274. The Hall–Kier alpha value is -0.660. The molecule has 5 nitrogen and oxygen atoms in total. The van der Waals surface area contributed by atoms with Gasteiger partial charge in [0.1, 0.15) is 0 Å². The molecule has 0 saturated carbocycles. The van der Waals surface area contributed by atoms with Gasteiger partial charge in [0.15, 0.2) is 0 Å². The van der Waals surface area contributed by atoms with E-state index in [4.69, 9.17) is 21.5 Å². The first-order valence-corrected chi connectivity index (χ1v) is 8.13. The van der Waals surface area contributed by atoms with Crippen molar-refractivity contribution < 1.29 is 13.2 Å². The molecule has 7 heteroatoms.